The number of carbonyl (C=O) groups excluding carboxylic acids is 3. The van der Waals surface area contributed by atoms with Gasteiger partial charge in [0.15, 0.2) is 18.2 Å². The van der Waals surface area contributed by atoms with E-state index in [1.54, 1.807) is 9.80 Å². The van der Waals surface area contributed by atoms with Crippen LogP contribution in [0.25, 0.3) is 0 Å². The second kappa shape index (κ2) is 14.3. The normalized spacial score (nSPS) is 42.0. The molecule has 12 atom stereocenters. The molecule has 2 amide bonds. The lowest BCUT2D eigenvalue weighted by atomic mass is 9.84. The number of piperazine rings is 2. The van der Waals surface area contributed by atoms with Crippen LogP contribution < -0.4 is 21.3 Å². The molecular formula is C30H45ClF5N7O6. The fourth-order valence-electron chi connectivity index (χ4n) is 8.43. The molecule has 5 heterocycles. The van der Waals surface area contributed by atoms with Crippen LogP contribution in [0.5, 0.6) is 0 Å². The van der Waals surface area contributed by atoms with Gasteiger partial charge < -0.3 is 20.6 Å². The second-order valence-corrected chi connectivity index (χ2v) is 14.6. The summed E-state index contributed by atoms with van der Waals surface area (Å²) in [5, 5.41) is 21.4. The van der Waals surface area contributed by atoms with Gasteiger partial charge in [0.2, 0.25) is 11.8 Å². The van der Waals surface area contributed by atoms with Gasteiger partial charge in [-0.25, -0.2) is 0 Å². The zero-order valence-corrected chi connectivity index (χ0v) is 28.1. The monoisotopic (exact) mass is 729 g/mol. The third-order valence-corrected chi connectivity index (χ3v) is 11.5. The van der Waals surface area contributed by atoms with Crippen LogP contribution in [0.15, 0.2) is 0 Å². The number of Topliss-reactive ketones (excluding diaryl/α,β-unsaturated/α-hetero) is 1. The zero-order chi connectivity index (χ0) is 35.4. The molecule has 1 aliphatic carbocycles. The highest BCUT2D eigenvalue weighted by Gasteiger charge is 2.60. The third-order valence-electron chi connectivity index (χ3n) is 11.1. The van der Waals surface area contributed by atoms with E-state index >= 15 is 0 Å². The number of halogens is 6. The lowest BCUT2D eigenvalue weighted by Gasteiger charge is -2.55. The Morgan fingerprint density at radius 2 is 1.76 bits per heavy atom. The Morgan fingerprint density at radius 1 is 1.08 bits per heavy atom. The largest absolute Gasteiger partial charge is 0.488 e. The summed E-state index contributed by atoms with van der Waals surface area (Å²) in [5.41, 5.74) is 0. The van der Waals surface area contributed by atoms with Crippen molar-refractivity contribution in [3.05, 3.63) is 0 Å². The van der Waals surface area contributed by atoms with Crippen LogP contribution >= 0.6 is 11.6 Å². The van der Waals surface area contributed by atoms with Gasteiger partial charge in [0.1, 0.15) is 0 Å². The van der Waals surface area contributed by atoms with Gasteiger partial charge in [0.25, 0.3) is 0 Å². The molecule has 0 spiro atoms. The predicted molar refractivity (Wildman–Crippen MR) is 163 cm³/mol. The number of hydrogen-bond acceptors (Lipinski definition) is 11. The van der Waals surface area contributed by atoms with Crippen molar-refractivity contribution in [2.24, 2.45) is 11.8 Å². The summed E-state index contributed by atoms with van der Waals surface area (Å²) < 4.78 is 77.5. The standard InChI is InChI=1S/C30H45ClF5N7O6/c1-3-19-22(41-8-10-42(11-9-41)28(47)16-6-7-37-14(2)23(16)45)24(46)21-25(40-27-26(39-21)48-30(35,36)49-27)43(19)13-20(44)38-18-5-4-15(12-17(18)31)29(32,33)34/h14-19,21-23,25-27,37,39-40,45H,3-13H2,1-2H3,(H,38,44). The number of piperidine rings is 2. The number of aliphatic hydroxyl groups excluding tert-OH is 1. The van der Waals surface area contributed by atoms with Gasteiger partial charge in [-0.05, 0) is 45.6 Å². The average molecular weight is 730 g/mol. The van der Waals surface area contributed by atoms with E-state index in [-0.39, 0.29) is 43.5 Å². The number of aliphatic hydroxyl groups is 1. The maximum atomic E-state index is 14.2. The molecule has 12 unspecified atom stereocenters. The molecule has 0 aromatic heterocycles. The first-order valence-corrected chi connectivity index (χ1v) is 17.5. The maximum Gasteiger partial charge on any atom is 0.488 e. The number of ketones is 1. The first-order valence-electron chi connectivity index (χ1n) is 17.1. The van der Waals surface area contributed by atoms with Crippen molar-refractivity contribution in [1.82, 2.24) is 36.0 Å². The molecule has 0 aromatic rings. The van der Waals surface area contributed by atoms with Gasteiger partial charge in [-0.15, -0.1) is 20.4 Å². The van der Waals surface area contributed by atoms with Crippen LogP contribution in [-0.2, 0) is 23.9 Å². The van der Waals surface area contributed by atoms with Gasteiger partial charge in [-0.1, -0.05) is 6.92 Å². The summed E-state index contributed by atoms with van der Waals surface area (Å²) in [7, 11) is 0. The van der Waals surface area contributed by atoms with Crippen molar-refractivity contribution < 1.29 is 50.9 Å². The van der Waals surface area contributed by atoms with E-state index in [2.05, 4.69) is 21.3 Å². The number of ether oxygens (including phenoxy) is 2. The minimum atomic E-state index is -4.38. The van der Waals surface area contributed by atoms with Crippen LogP contribution in [0.2, 0.25) is 0 Å². The van der Waals surface area contributed by atoms with Crippen molar-refractivity contribution >= 4 is 29.2 Å². The summed E-state index contributed by atoms with van der Waals surface area (Å²) in [5.74, 6) is -3.07. The van der Waals surface area contributed by atoms with E-state index in [9.17, 15) is 41.4 Å². The lowest BCUT2D eigenvalue weighted by Crippen LogP contribution is -2.81. The van der Waals surface area contributed by atoms with Crippen molar-refractivity contribution in [3.8, 4) is 0 Å². The van der Waals surface area contributed by atoms with E-state index in [1.807, 2.05) is 18.7 Å². The molecule has 278 valence electrons. The molecule has 1 saturated carbocycles. The molecule has 49 heavy (non-hydrogen) atoms. The Bertz CT molecular complexity index is 1250. The smallest absolute Gasteiger partial charge is 0.391 e. The summed E-state index contributed by atoms with van der Waals surface area (Å²) in [6.07, 6.45) is -12.4. The van der Waals surface area contributed by atoms with E-state index in [4.69, 9.17) is 21.1 Å². The highest BCUT2D eigenvalue weighted by molar-refractivity contribution is 6.21. The van der Waals surface area contributed by atoms with Crippen molar-refractivity contribution in [2.45, 2.75) is 119 Å². The van der Waals surface area contributed by atoms with Crippen LogP contribution in [0, 0.1) is 11.8 Å². The average Bonchev–Trinajstić information content (AvgIpc) is 3.35. The van der Waals surface area contributed by atoms with Crippen LogP contribution in [0.1, 0.15) is 46.0 Å². The second-order valence-electron chi connectivity index (χ2n) is 14.0. The number of fused-ring (bicyclic) bond motifs is 2. The lowest BCUT2D eigenvalue weighted by molar-refractivity contribution is -0.352. The van der Waals surface area contributed by atoms with Gasteiger partial charge in [0, 0.05) is 44.3 Å². The van der Waals surface area contributed by atoms with Gasteiger partial charge >= 0.3 is 12.5 Å². The zero-order valence-electron chi connectivity index (χ0n) is 27.3. The van der Waals surface area contributed by atoms with Crippen molar-refractivity contribution in [1.29, 1.82) is 0 Å². The SMILES string of the molecule is CCC1C(N2CCN(C(=O)C3CCNC(C)C3O)CC2)C(=O)C2NC3OC(F)(F)OC3NC2N1CC(=O)NC1CCC(C(F)(F)F)CC1Cl. The predicted octanol–water partition coefficient (Wildman–Crippen LogP) is 0.113. The van der Waals surface area contributed by atoms with E-state index in [0.717, 1.165) is 0 Å². The Balaban J connectivity index is 1.18. The molecule has 19 heteroatoms. The molecule has 6 fully saturated rings. The number of rotatable bonds is 6. The minimum Gasteiger partial charge on any atom is -0.391 e. The molecular weight excluding hydrogens is 685 g/mol. The number of amides is 2. The molecule has 6 aliphatic rings. The molecule has 13 nitrogen and oxygen atoms in total. The summed E-state index contributed by atoms with van der Waals surface area (Å²) in [4.78, 5) is 46.5. The summed E-state index contributed by atoms with van der Waals surface area (Å²) in [6, 6.07) is -3.40. The molecule has 5 saturated heterocycles. The Kier molecular flexibility index (Phi) is 10.8. The van der Waals surface area contributed by atoms with Gasteiger partial charge in [-0.3, -0.25) is 44.3 Å². The highest BCUT2D eigenvalue weighted by atomic mass is 35.5. The quantitative estimate of drug-likeness (QED) is 0.188. The third kappa shape index (κ3) is 7.58. The fraction of sp³-hybridized carbons (Fsp3) is 0.900. The first kappa shape index (κ1) is 37.0. The Labute approximate surface area is 285 Å². The number of nitrogens with zero attached hydrogens (tertiary/aromatic N) is 3. The van der Waals surface area contributed by atoms with E-state index < -0.39 is 84.5 Å². The van der Waals surface area contributed by atoms with Crippen molar-refractivity contribution in [2.75, 3.05) is 39.3 Å². The van der Waals surface area contributed by atoms with Crippen LogP contribution in [-0.4, -0.2) is 149 Å². The van der Waals surface area contributed by atoms with Crippen molar-refractivity contribution in [3.63, 3.8) is 0 Å². The number of alkyl halides is 6. The maximum absolute atomic E-state index is 14.2. The number of nitrogens with one attached hydrogen (secondary N) is 4. The summed E-state index contributed by atoms with van der Waals surface area (Å²) in [6.45, 7) is 5.21. The summed E-state index contributed by atoms with van der Waals surface area (Å²) >= 11 is 6.32. The van der Waals surface area contributed by atoms with E-state index in [1.165, 1.54) is 0 Å². The topological polar surface area (TPSA) is 148 Å². The molecule has 0 radical (unpaired) electrons. The minimum absolute atomic E-state index is 0.0363. The molecule has 0 aromatic carbocycles. The van der Waals surface area contributed by atoms with Gasteiger partial charge in [0.05, 0.1) is 48.1 Å². The Hall–Kier alpha value is -1.77. The Morgan fingerprint density at radius 3 is 2.39 bits per heavy atom. The van der Waals surface area contributed by atoms with E-state index in [0.29, 0.717) is 45.6 Å². The highest BCUT2D eigenvalue weighted by Crippen LogP contribution is 2.40. The molecule has 6 rings (SSSR count). The molecule has 0 bridgehead atoms. The first-order chi connectivity index (χ1) is 23.1. The molecule has 5 N–H and O–H groups in total. The number of carbonyl (C=O) groups is 3. The van der Waals surface area contributed by atoms with Crippen LogP contribution in [0.3, 0.4) is 0 Å². The number of hydrogen-bond donors (Lipinski definition) is 5. The van der Waals surface area contributed by atoms with Gasteiger partial charge in [-0.2, -0.15) is 13.2 Å². The number of likely N-dealkylation sites (tertiary alicyclic amines) is 1. The molecule has 5 aliphatic heterocycles. The van der Waals surface area contributed by atoms with Crippen LogP contribution in [0.4, 0.5) is 22.0 Å². The fourth-order valence-corrected chi connectivity index (χ4v) is 8.83.